The number of sulfonamides is 1. The molecule has 1 aromatic carbocycles. The van der Waals surface area contributed by atoms with Crippen LogP contribution in [0.25, 0.3) is 0 Å². The van der Waals surface area contributed by atoms with Gasteiger partial charge in [0.05, 0.1) is 16.7 Å². The fourth-order valence-corrected chi connectivity index (χ4v) is 5.17. The third kappa shape index (κ3) is 2.12. The fraction of sp³-hybridized carbons (Fsp3) is 0.500. The van der Waals surface area contributed by atoms with Crippen molar-refractivity contribution >= 4 is 21.6 Å². The summed E-state index contributed by atoms with van der Waals surface area (Å²) in [5, 5.41) is 8.93. The number of benzene rings is 1. The highest BCUT2D eigenvalue weighted by atomic mass is 35.5. The minimum Gasteiger partial charge on any atom is -0.207 e. The zero-order valence-electron chi connectivity index (χ0n) is 11.0. The van der Waals surface area contributed by atoms with Crippen molar-refractivity contribution in [2.75, 3.05) is 13.1 Å². The highest BCUT2D eigenvalue weighted by Gasteiger charge is 2.46. The molecule has 0 N–H and O–H groups in total. The van der Waals surface area contributed by atoms with Crippen LogP contribution in [-0.4, -0.2) is 25.8 Å². The summed E-state index contributed by atoms with van der Waals surface area (Å²) in [5.74, 6) is 0. The van der Waals surface area contributed by atoms with Gasteiger partial charge in [-0.15, -0.1) is 0 Å². The Bertz CT molecular complexity index is 690. The second-order valence-corrected chi connectivity index (χ2v) is 8.01. The van der Waals surface area contributed by atoms with Crippen LogP contribution in [0.5, 0.6) is 0 Å². The summed E-state index contributed by atoms with van der Waals surface area (Å²) in [4.78, 5) is 0.106. The van der Waals surface area contributed by atoms with E-state index >= 15 is 0 Å². The lowest BCUT2D eigenvalue weighted by Gasteiger charge is -2.38. The number of halogens is 1. The van der Waals surface area contributed by atoms with Crippen LogP contribution in [0.4, 0.5) is 0 Å². The topological polar surface area (TPSA) is 61.2 Å². The Balaban J connectivity index is 1.91. The molecule has 1 aliphatic carbocycles. The van der Waals surface area contributed by atoms with Gasteiger partial charge in [0.25, 0.3) is 0 Å². The molecule has 106 valence electrons. The number of hydrogen-bond donors (Lipinski definition) is 0. The molecule has 1 spiro atoms. The second-order valence-electron chi connectivity index (χ2n) is 5.70. The summed E-state index contributed by atoms with van der Waals surface area (Å²) >= 11 is 6.03. The van der Waals surface area contributed by atoms with Gasteiger partial charge >= 0.3 is 0 Å². The van der Waals surface area contributed by atoms with E-state index in [-0.39, 0.29) is 15.3 Å². The molecule has 1 aliphatic heterocycles. The Morgan fingerprint density at radius 3 is 2.55 bits per heavy atom. The zero-order chi connectivity index (χ0) is 14.4. The summed E-state index contributed by atoms with van der Waals surface area (Å²) in [6.45, 7) is 1.17. The van der Waals surface area contributed by atoms with Crippen LogP contribution >= 0.6 is 11.6 Å². The highest BCUT2D eigenvalue weighted by molar-refractivity contribution is 7.89. The van der Waals surface area contributed by atoms with E-state index in [0.29, 0.717) is 18.7 Å². The Morgan fingerprint density at radius 1 is 1.30 bits per heavy atom. The van der Waals surface area contributed by atoms with E-state index in [1.165, 1.54) is 24.6 Å². The van der Waals surface area contributed by atoms with Gasteiger partial charge in [0.2, 0.25) is 10.0 Å². The van der Waals surface area contributed by atoms with Crippen molar-refractivity contribution in [1.82, 2.24) is 4.31 Å². The molecule has 1 heterocycles. The van der Waals surface area contributed by atoms with Gasteiger partial charge in [-0.1, -0.05) is 18.0 Å². The second kappa shape index (κ2) is 4.73. The molecule has 1 saturated carbocycles. The predicted octanol–water partition coefficient (Wildman–Crippen LogP) is 2.78. The first kappa shape index (κ1) is 13.9. The smallest absolute Gasteiger partial charge is 0.207 e. The predicted molar refractivity (Wildman–Crippen MR) is 75.8 cm³/mol. The van der Waals surface area contributed by atoms with Crippen LogP contribution in [0.3, 0.4) is 0 Å². The summed E-state index contributed by atoms with van der Waals surface area (Å²) < 4.78 is 26.8. The molecular formula is C14H15ClN2O2S. The molecule has 4 nitrogen and oxygen atoms in total. The Labute approximate surface area is 124 Å². The standard InChI is InChI=1S/C14H15ClN2O2S/c15-12-8-11(9-16)2-3-13(12)20(18,19)17-7-6-14(10-17)4-1-5-14/h2-3,8H,1,4-7,10H2. The van der Waals surface area contributed by atoms with E-state index < -0.39 is 10.0 Å². The van der Waals surface area contributed by atoms with E-state index in [1.807, 2.05) is 6.07 Å². The van der Waals surface area contributed by atoms with Crippen molar-refractivity contribution < 1.29 is 8.42 Å². The maximum absolute atomic E-state index is 12.6. The lowest BCUT2D eigenvalue weighted by Crippen LogP contribution is -2.35. The largest absolute Gasteiger partial charge is 0.244 e. The molecule has 20 heavy (non-hydrogen) atoms. The first-order chi connectivity index (χ1) is 9.47. The quantitative estimate of drug-likeness (QED) is 0.844. The Hall–Kier alpha value is -1.09. The fourth-order valence-electron chi connectivity index (χ4n) is 3.10. The number of hydrogen-bond acceptors (Lipinski definition) is 3. The van der Waals surface area contributed by atoms with Crippen LogP contribution in [0.2, 0.25) is 5.02 Å². The highest BCUT2D eigenvalue weighted by Crippen LogP contribution is 2.49. The van der Waals surface area contributed by atoms with Gasteiger partial charge in [-0.05, 0) is 42.9 Å². The Kier molecular flexibility index (Phi) is 3.28. The molecule has 0 unspecified atom stereocenters. The molecule has 2 fully saturated rings. The van der Waals surface area contributed by atoms with Crippen molar-refractivity contribution in [3.63, 3.8) is 0 Å². The van der Waals surface area contributed by atoms with Crippen molar-refractivity contribution in [3.05, 3.63) is 28.8 Å². The number of nitrogens with zero attached hydrogens (tertiary/aromatic N) is 2. The number of rotatable bonds is 2. The van der Waals surface area contributed by atoms with Gasteiger partial charge in [-0.2, -0.15) is 9.57 Å². The SMILES string of the molecule is N#Cc1ccc(S(=O)(=O)N2CCC3(CCC3)C2)c(Cl)c1. The van der Waals surface area contributed by atoms with Crippen LogP contribution in [0, 0.1) is 16.7 Å². The molecule has 0 atom stereocenters. The lowest BCUT2D eigenvalue weighted by molar-refractivity contribution is 0.153. The third-order valence-corrected chi connectivity index (χ3v) is 6.82. The van der Waals surface area contributed by atoms with Crippen LogP contribution < -0.4 is 0 Å². The molecule has 0 aromatic heterocycles. The maximum atomic E-state index is 12.6. The first-order valence-corrected chi connectivity index (χ1v) is 8.49. The molecule has 6 heteroatoms. The van der Waals surface area contributed by atoms with Gasteiger partial charge in [-0.3, -0.25) is 0 Å². The van der Waals surface area contributed by atoms with Gasteiger partial charge in [0.15, 0.2) is 0 Å². The average molecular weight is 311 g/mol. The van der Waals surface area contributed by atoms with E-state index in [1.54, 1.807) is 4.31 Å². The van der Waals surface area contributed by atoms with E-state index in [2.05, 4.69) is 0 Å². The van der Waals surface area contributed by atoms with Crippen LogP contribution in [-0.2, 0) is 10.0 Å². The van der Waals surface area contributed by atoms with Gasteiger partial charge in [0.1, 0.15) is 4.90 Å². The number of nitriles is 1. The van der Waals surface area contributed by atoms with Crippen molar-refractivity contribution in [2.45, 2.75) is 30.6 Å². The molecular weight excluding hydrogens is 296 g/mol. The minimum atomic E-state index is -3.55. The molecule has 1 aromatic rings. The minimum absolute atomic E-state index is 0.106. The molecule has 2 aliphatic rings. The molecule has 3 rings (SSSR count). The van der Waals surface area contributed by atoms with Gasteiger partial charge < -0.3 is 0 Å². The lowest BCUT2D eigenvalue weighted by atomic mass is 9.68. The van der Waals surface area contributed by atoms with E-state index in [0.717, 1.165) is 19.3 Å². The van der Waals surface area contributed by atoms with E-state index in [9.17, 15) is 8.42 Å². The van der Waals surface area contributed by atoms with Crippen LogP contribution in [0.1, 0.15) is 31.2 Å². The zero-order valence-corrected chi connectivity index (χ0v) is 12.5. The Morgan fingerprint density at radius 2 is 2.05 bits per heavy atom. The van der Waals surface area contributed by atoms with Gasteiger partial charge in [0, 0.05) is 13.1 Å². The van der Waals surface area contributed by atoms with Crippen molar-refractivity contribution in [2.24, 2.45) is 5.41 Å². The van der Waals surface area contributed by atoms with E-state index in [4.69, 9.17) is 16.9 Å². The van der Waals surface area contributed by atoms with Crippen LogP contribution in [0.15, 0.2) is 23.1 Å². The molecule has 0 radical (unpaired) electrons. The van der Waals surface area contributed by atoms with Crippen molar-refractivity contribution in [3.8, 4) is 6.07 Å². The molecule has 0 amide bonds. The summed E-state index contributed by atoms with van der Waals surface area (Å²) in [6, 6.07) is 6.29. The summed E-state index contributed by atoms with van der Waals surface area (Å²) in [5.41, 5.74) is 0.581. The summed E-state index contributed by atoms with van der Waals surface area (Å²) in [7, 11) is -3.55. The average Bonchev–Trinajstić information content (AvgIpc) is 2.84. The normalized spacial score (nSPS) is 21.6. The van der Waals surface area contributed by atoms with Gasteiger partial charge in [-0.25, -0.2) is 8.42 Å². The summed E-state index contributed by atoms with van der Waals surface area (Å²) in [6.07, 6.45) is 4.39. The third-order valence-electron chi connectivity index (χ3n) is 4.50. The first-order valence-electron chi connectivity index (χ1n) is 6.67. The molecule has 0 bridgehead atoms. The monoisotopic (exact) mass is 310 g/mol. The molecule has 1 saturated heterocycles. The maximum Gasteiger partial charge on any atom is 0.244 e. The van der Waals surface area contributed by atoms with Crippen molar-refractivity contribution in [1.29, 1.82) is 5.26 Å².